The average Bonchev–Trinajstić information content (AvgIpc) is 3.05. The van der Waals surface area contributed by atoms with Crippen molar-refractivity contribution in [1.29, 1.82) is 0 Å². The van der Waals surface area contributed by atoms with Crippen molar-refractivity contribution in [2.24, 2.45) is 0 Å². The molecule has 0 fully saturated rings. The van der Waals surface area contributed by atoms with Gasteiger partial charge in [-0.1, -0.05) is 11.6 Å². The first kappa shape index (κ1) is 13.1. The molecule has 0 spiro atoms. The zero-order valence-electron chi connectivity index (χ0n) is 10.8. The number of aromatic nitrogens is 1. The standard InChI is InChI=1S/C14H13N3OS2/c1-8-2-3-11-10(4-8)12(15)13(20-11)14(18)16-5-9-6-19-7-17-9/h2-4,6-7H,5,15H2,1H3,(H,16,18). The number of thiophene rings is 1. The van der Waals surface area contributed by atoms with Gasteiger partial charge in [-0.2, -0.15) is 0 Å². The Hall–Kier alpha value is -1.92. The predicted octanol–water partition coefficient (Wildman–Crippen LogP) is 3.18. The lowest BCUT2D eigenvalue weighted by molar-refractivity contribution is 0.0955. The zero-order chi connectivity index (χ0) is 14.1. The number of benzene rings is 1. The van der Waals surface area contributed by atoms with E-state index in [0.29, 0.717) is 17.1 Å². The first-order chi connectivity index (χ1) is 9.65. The second-order valence-electron chi connectivity index (χ2n) is 4.51. The van der Waals surface area contributed by atoms with Gasteiger partial charge < -0.3 is 11.1 Å². The van der Waals surface area contributed by atoms with Crippen LogP contribution < -0.4 is 11.1 Å². The third-order valence-electron chi connectivity index (χ3n) is 3.00. The first-order valence-electron chi connectivity index (χ1n) is 6.09. The maximum absolute atomic E-state index is 12.2. The molecule has 0 unspecified atom stereocenters. The van der Waals surface area contributed by atoms with E-state index in [2.05, 4.69) is 10.3 Å². The van der Waals surface area contributed by atoms with Crippen LogP contribution in [0, 0.1) is 6.92 Å². The molecule has 4 nitrogen and oxygen atoms in total. The highest BCUT2D eigenvalue weighted by atomic mass is 32.1. The van der Waals surface area contributed by atoms with E-state index in [1.54, 1.807) is 5.51 Å². The SMILES string of the molecule is Cc1ccc2sc(C(=O)NCc3cscn3)c(N)c2c1. The quantitative estimate of drug-likeness (QED) is 0.781. The highest BCUT2D eigenvalue weighted by Crippen LogP contribution is 2.34. The Labute approximate surface area is 124 Å². The number of nitrogen functional groups attached to an aromatic ring is 1. The van der Waals surface area contributed by atoms with E-state index >= 15 is 0 Å². The fourth-order valence-electron chi connectivity index (χ4n) is 1.98. The molecule has 0 aliphatic heterocycles. The van der Waals surface area contributed by atoms with Crippen LogP contribution >= 0.6 is 22.7 Å². The van der Waals surface area contributed by atoms with Crippen LogP contribution in [0.5, 0.6) is 0 Å². The molecule has 2 heterocycles. The molecule has 3 N–H and O–H groups in total. The Morgan fingerprint density at radius 1 is 1.45 bits per heavy atom. The molecule has 3 aromatic rings. The number of amides is 1. The number of carbonyl (C=O) groups is 1. The summed E-state index contributed by atoms with van der Waals surface area (Å²) in [5, 5.41) is 5.72. The molecule has 0 aliphatic carbocycles. The summed E-state index contributed by atoms with van der Waals surface area (Å²) in [4.78, 5) is 16.9. The number of nitrogens with one attached hydrogen (secondary N) is 1. The van der Waals surface area contributed by atoms with E-state index in [1.807, 2.05) is 30.5 Å². The summed E-state index contributed by atoms with van der Waals surface area (Å²) in [7, 11) is 0. The van der Waals surface area contributed by atoms with Gasteiger partial charge in [0.1, 0.15) is 4.88 Å². The van der Waals surface area contributed by atoms with Gasteiger partial charge in [-0.05, 0) is 19.1 Å². The number of nitrogens with zero attached hydrogens (tertiary/aromatic N) is 1. The Balaban J connectivity index is 1.86. The first-order valence-corrected chi connectivity index (χ1v) is 7.85. The van der Waals surface area contributed by atoms with Gasteiger partial charge in [0.2, 0.25) is 0 Å². The smallest absolute Gasteiger partial charge is 0.263 e. The molecule has 0 saturated carbocycles. The molecule has 102 valence electrons. The molecular formula is C14H13N3OS2. The summed E-state index contributed by atoms with van der Waals surface area (Å²) in [5.74, 6) is -0.144. The van der Waals surface area contributed by atoms with Crippen molar-refractivity contribution in [3.8, 4) is 0 Å². The van der Waals surface area contributed by atoms with Crippen molar-refractivity contribution in [2.75, 3.05) is 5.73 Å². The molecule has 0 bridgehead atoms. The van der Waals surface area contributed by atoms with Crippen molar-refractivity contribution in [2.45, 2.75) is 13.5 Å². The molecule has 1 amide bonds. The number of rotatable bonds is 3. The summed E-state index contributed by atoms with van der Waals surface area (Å²) in [6, 6.07) is 6.04. The number of hydrogen-bond acceptors (Lipinski definition) is 5. The Morgan fingerprint density at radius 2 is 2.30 bits per heavy atom. The van der Waals surface area contributed by atoms with E-state index in [1.165, 1.54) is 22.7 Å². The van der Waals surface area contributed by atoms with Crippen molar-refractivity contribution in [1.82, 2.24) is 10.3 Å². The number of thiazole rings is 1. The van der Waals surface area contributed by atoms with Gasteiger partial charge in [0, 0.05) is 15.5 Å². The Morgan fingerprint density at radius 3 is 3.05 bits per heavy atom. The molecular weight excluding hydrogens is 290 g/mol. The molecule has 3 rings (SSSR count). The number of fused-ring (bicyclic) bond motifs is 1. The second-order valence-corrected chi connectivity index (χ2v) is 6.28. The van der Waals surface area contributed by atoms with E-state index in [0.717, 1.165) is 21.3 Å². The van der Waals surface area contributed by atoms with Crippen LogP contribution in [0.3, 0.4) is 0 Å². The highest BCUT2D eigenvalue weighted by molar-refractivity contribution is 7.21. The molecule has 20 heavy (non-hydrogen) atoms. The van der Waals surface area contributed by atoms with Crippen LogP contribution in [-0.4, -0.2) is 10.9 Å². The van der Waals surface area contributed by atoms with Gasteiger partial charge in [-0.25, -0.2) is 4.98 Å². The average molecular weight is 303 g/mol. The minimum Gasteiger partial charge on any atom is -0.397 e. The lowest BCUT2D eigenvalue weighted by Crippen LogP contribution is -2.22. The van der Waals surface area contributed by atoms with E-state index in [-0.39, 0.29) is 5.91 Å². The van der Waals surface area contributed by atoms with Gasteiger partial charge in [-0.3, -0.25) is 4.79 Å². The maximum Gasteiger partial charge on any atom is 0.263 e. The molecule has 0 radical (unpaired) electrons. The summed E-state index contributed by atoms with van der Waals surface area (Å²) in [6.07, 6.45) is 0. The zero-order valence-corrected chi connectivity index (χ0v) is 12.5. The van der Waals surface area contributed by atoms with Gasteiger partial charge in [0.25, 0.3) is 5.91 Å². The molecule has 0 saturated heterocycles. The lowest BCUT2D eigenvalue weighted by Gasteiger charge is -2.02. The third kappa shape index (κ3) is 2.39. The number of carbonyl (C=O) groups excluding carboxylic acids is 1. The second kappa shape index (κ2) is 5.22. The van der Waals surface area contributed by atoms with Crippen LogP contribution in [0.15, 0.2) is 29.1 Å². The normalized spacial score (nSPS) is 10.8. The van der Waals surface area contributed by atoms with Gasteiger partial charge in [-0.15, -0.1) is 22.7 Å². The van der Waals surface area contributed by atoms with Crippen molar-refractivity contribution < 1.29 is 4.79 Å². The summed E-state index contributed by atoms with van der Waals surface area (Å²) in [6.45, 7) is 2.44. The van der Waals surface area contributed by atoms with Crippen LogP contribution in [0.1, 0.15) is 20.9 Å². The van der Waals surface area contributed by atoms with Crippen molar-refractivity contribution in [3.05, 3.63) is 45.2 Å². The Kier molecular flexibility index (Phi) is 3.42. The molecule has 1 aromatic carbocycles. The lowest BCUT2D eigenvalue weighted by atomic mass is 10.1. The molecule has 0 atom stereocenters. The van der Waals surface area contributed by atoms with Crippen molar-refractivity contribution >= 4 is 44.4 Å². The Bertz CT molecular complexity index is 762. The van der Waals surface area contributed by atoms with E-state index in [9.17, 15) is 4.79 Å². The minimum atomic E-state index is -0.144. The molecule has 0 aliphatic rings. The van der Waals surface area contributed by atoms with Gasteiger partial charge in [0.15, 0.2) is 0 Å². The monoisotopic (exact) mass is 303 g/mol. The number of anilines is 1. The topological polar surface area (TPSA) is 68.0 Å². The summed E-state index contributed by atoms with van der Waals surface area (Å²) < 4.78 is 1.03. The number of hydrogen-bond donors (Lipinski definition) is 2. The van der Waals surface area contributed by atoms with Crippen molar-refractivity contribution in [3.63, 3.8) is 0 Å². The highest BCUT2D eigenvalue weighted by Gasteiger charge is 2.16. The number of nitrogens with two attached hydrogens (primary N) is 1. The molecule has 2 aromatic heterocycles. The van der Waals surface area contributed by atoms with Gasteiger partial charge >= 0.3 is 0 Å². The summed E-state index contributed by atoms with van der Waals surface area (Å²) in [5.41, 5.74) is 10.4. The molecule has 6 heteroatoms. The predicted molar refractivity (Wildman–Crippen MR) is 84.3 cm³/mol. The van der Waals surface area contributed by atoms with Crippen LogP contribution in [-0.2, 0) is 6.54 Å². The number of aryl methyl sites for hydroxylation is 1. The minimum absolute atomic E-state index is 0.144. The maximum atomic E-state index is 12.2. The largest absolute Gasteiger partial charge is 0.397 e. The van der Waals surface area contributed by atoms with E-state index < -0.39 is 0 Å². The van der Waals surface area contributed by atoms with E-state index in [4.69, 9.17) is 5.73 Å². The van der Waals surface area contributed by atoms with Crippen LogP contribution in [0.4, 0.5) is 5.69 Å². The van der Waals surface area contributed by atoms with Crippen LogP contribution in [0.25, 0.3) is 10.1 Å². The fraction of sp³-hybridized carbons (Fsp3) is 0.143. The summed E-state index contributed by atoms with van der Waals surface area (Å²) >= 11 is 2.93. The fourth-order valence-corrected chi connectivity index (χ4v) is 3.55. The third-order valence-corrected chi connectivity index (χ3v) is 4.82. The van der Waals surface area contributed by atoms with Gasteiger partial charge in [0.05, 0.1) is 23.4 Å². The van der Waals surface area contributed by atoms with Crippen LogP contribution in [0.2, 0.25) is 0 Å².